The Kier molecular flexibility index (Phi) is 9.24. The SMILES string of the molecule is Cc1cc(-c2cc(-n3c4ccccc4c4ccc(-c5c(C)cc(C)cc5C)cc43)c(C#N)c(-n3c4ccccc4c4ccc(-c5c(C)cc(C)cc5C)cc43)c2)cc(C(F)(F)F)c1. The van der Waals surface area contributed by atoms with Gasteiger partial charge in [-0.1, -0.05) is 102 Å². The lowest BCUT2D eigenvalue weighted by atomic mass is 9.93. The number of benzene rings is 8. The van der Waals surface area contributed by atoms with Crippen LogP contribution in [0.2, 0.25) is 0 Å². The van der Waals surface area contributed by atoms with Crippen LogP contribution in [0.5, 0.6) is 0 Å². The predicted molar refractivity (Wildman–Crippen MR) is 254 cm³/mol. The number of aryl methyl sites for hydroxylation is 7. The monoisotopic (exact) mass is 827 g/mol. The highest BCUT2D eigenvalue weighted by Crippen LogP contribution is 2.44. The molecule has 0 spiro atoms. The molecule has 308 valence electrons. The van der Waals surface area contributed by atoms with Crippen molar-refractivity contribution in [1.29, 1.82) is 5.26 Å². The van der Waals surface area contributed by atoms with Gasteiger partial charge in [0.15, 0.2) is 0 Å². The van der Waals surface area contributed by atoms with Gasteiger partial charge in [0.05, 0.1) is 39.0 Å². The summed E-state index contributed by atoms with van der Waals surface area (Å²) in [6, 6.07) is 48.7. The van der Waals surface area contributed by atoms with Crippen LogP contribution in [-0.4, -0.2) is 9.13 Å². The lowest BCUT2D eigenvalue weighted by Gasteiger charge is -2.20. The second-order valence-electron chi connectivity index (χ2n) is 17.3. The van der Waals surface area contributed by atoms with Crippen molar-refractivity contribution in [3.05, 3.63) is 190 Å². The molecule has 0 radical (unpaired) electrons. The van der Waals surface area contributed by atoms with Gasteiger partial charge in [-0.05, 0) is 158 Å². The molecule has 2 heterocycles. The number of para-hydroxylation sites is 2. The molecule has 0 atom stereocenters. The van der Waals surface area contributed by atoms with E-state index in [2.05, 4.69) is 142 Å². The Balaban J connectivity index is 1.36. The Morgan fingerprint density at radius 2 is 0.810 bits per heavy atom. The van der Waals surface area contributed by atoms with E-state index in [1.807, 2.05) is 36.4 Å². The van der Waals surface area contributed by atoms with Crippen LogP contribution in [0.4, 0.5) is 13.2 Å². The number of hydrogen-bond acceptors (Lipinski definition) is 1. The third kappa shape index (κ3) is 6.50. The molecule has 0 unspecified atom stereocenters. The normalized spacial score (nSPS) is 12.0. The van der Waals surface area contributed by atoms with Crippen molar-refractivity contribution in [3.63, 3.8) is 0 Å². The molecule has 3 nitrogen and oxygen atoms in total. The van der Waals surface area contributed by atoms with E-state index in [-0.39, 0.29) is 0 Å². The van der Waals surface area contributed by atoms with Crippen molar-refractivity contribution in [3.8, 4) is 50.8 Å². The van der Waals surface area contributed by atoms with Gasteiger partial charge in [-0.15, -0.1) is 0 Å². The number of nitrogens with zero attached hydrogens (tertiary/aromatic N) is 3. The van der Waals surface area contributed by atoms with Gasteiger partial charge in [0, 0.05) is 21.5 Å². The van der Waals surface area contributed by atoms with E-state index in [0.717, 1.165) is 88.1 Å². The van der Waals surface area contributed by atoms with Crippen molar-refractivity contribution in [2.24, 2.45) is 0 Å². The molecule has 0 aliphatic carbocycles. The molecular formula is C57H44F3N3. The van der Waals surface area contributed by atoms with Crippen molar-refractivity contribution in [2.45, 2.75) is 54.6 Å². The van der Waals surface area contributed by atoms with E-state index < -0.39 is 11.7 Å². The van der Waals surface area contributed by atoms with Gasteiger partial charge in [-0.2, -0.15) is 18.4 Å². The summed E-state index contributed by atoms with van der Waals surface area (Å²) in [5.74, 6) is 0. The maximum Gasteiger partial charge on any atom is 0.416 e. The van der Waals surface area contributed by atoms with Crippen molar-refractivity contribution >= 4 is 43.6 Å². The Bertz CT molecular complexity index is 3350. The van der Waals surface area contributed by atoms with Crippen LogP contribution in [0.15, 0.2) is 140 Å². The molecule has 2 aromatic heterocycles. The zero-order valence-electron chi connectivity index (χ0n) is 36.3. The topological polar surface area (TPSA) is 33.6 Å². The van der Waals surface area contributed by atoms with E-state index in [0.29, 0.717) is 33.6 Å². The standard InChI is InChI=1S/C57H44F3N3/c1-32-20-35(4)55(36(5)21-32)39-16-18-46-44-12-8-10-14-49(44)62(51(46)27-39)53-29-42(41-24-34(3)25-43(26-41)57(58,59)60)30-54(48(53)31-61)63-50-15-11-9-13-45(50)47-19-17-40(28-52(47)63)56-37(6)22-33(2)23-38(56)7/h8-30H,1-7H3. The average Bonchev–Trinajstić information content (AvgIpc) is 3.74. The van der Waals surface area contributed by atoms with Crippen molar-refractivity contribution < 1.29 is 13.2 Å². The van der Waals surface area contributed by atoms with Crippen LogP contribution in [0.1, 0.15) is 50.1 Å². The molecule has 0 fully saturated rings. The van der Waals surface area contributed by atoms with Gasteiger partial charge in [0.1, 0.15) is 11.6 Å². The number of alkyl halides is 3. The van der Waals surface area contributed by atoms with Crippen LogP contribution < -0.4 is 0 Å². The molecule has 63 heavy (non-hydrogen) atoms. The molecule has 0 amide bonds. The lowest BCUT2D eigenvalue weighted by molar-refractivity contribution is -0.137. The number of halogens is 3. The number of rotatable bonds is 5. The molecule has 0 N–H and O–H groups in total. The van der Waals surface area contributed by atoms with Gasteiger partial charge < -0.3 is 9.13 Å². The maximum atomic E-state index is 14.5. The Morgan fingerprint density at radius 3 is 1.24 bits per heavy atom. The minimum Gasteiger partial charge on any atom is -0.308 e. The molecule has 0 bridgehead atoms. The molecule has 0 saturated carbocycles. The molecule has 10 aromatic rings. The van der Waals surface area contributed by atoms with Gasteiger partial charge >= 0.3 is 6.18 Å². The third-order valence-corrected chi connectivity index (χ3v) is 12.7. The first-order valence-corrected chi connectivity index (χ1v) is 21.2. The summed E-state index contributed by atoms with van der Waals surface area (Å²) in [6.07, 6.45) is -4.55. The first-order chi connectivity index (χ1) is 30.2. The Labute approximate surface area is 364 Å². The third-order valence-electron chi connectivity index (χ3n) is 12.7. The van der Waals surface area contributed by atoms with Crippen LogP contribution in [0.3, 0.4) is 0 Å². The molecule has 10 rings (SSSR count). The maximum absolute atomic E-state index is 14.5. The van der Waals surface area contributed by atoms with E-state index in [1.54, 1.807) is 13.0 Å². The summed E-state index contributed by atoms with van der Waals surface area (Å²) in [6.45, 7) is 14.4. The van der Waals surface area contributed by atoms with Crippen LogP contribution >= 0.6 is 0 Å². The lowest BCUT2D eigenvalue weighted by Crippen LogP contribution is -2.07. The van der Waals surface area contributed by atoms with E-state index >= 15 is 0 Å². The van der Waals surface area contributed by atoms with Gasteiger partial charge in [0.2, 0.25) is 0 Å². The number of nitriles is 1. The van der Waals surface area contributed by atoms with E-state index in [9.17, 15) is 18.4 Å². The first-order valence-electron chi connectivity index (χ1n) is 21.2. The van der Waals surface area contributed by atoms with Crippen molar-refractivity contribution in [2.75, 3.05) is 0 Å². The summed E-state index contributed by atoms with van der Waals surface area (Å²) >= 11 is 0. The zero-order chi connectivity index (χ0) is 44.1. The van der Waals surface area contributed by atoms with Crippen LogP contribution in [0, 0.1) is 59.8 Å². The number of aromatic nitrogens is 2. The summed E-state index contributed by atoms with van der Waals surface area (Å²) in [7, 11) is 0. The highest BCUT2D eigenvalue weighted by atomic mass is 19.4. The Hall–Kier alpha value is -7.36. The molecule has 6 heteroatoms. The van der Waals surface area contributed by atoms with Gasteiger partial charge in [-0.25, -0.2) is 0 Å². The average molecular weight is 828 g/mol. The summed E-state index contributed by atoms with van der Waals surface area (Å²) in [5, 5.41) is 15.6. The fraction of sp³-hybridized carbons (Fsp3) is 0.140. The fourth-order valence-corrected chi connectivity index (χ4v) is 10.4. The Morgan fingerprint density at radius 1 is 0.413 bits per heavy atom. The van der Waals surface area contributed by atoms with Crippen molar-refractivity contribution in [1.82, 2.24) is 9.13 Å². The van der Waals surface area contributed by atoms with Gasteiger partial charge in [0.25, 0.3) is 0 Å². The summed E-state index contributed by atoms with van der Waals surface area (Å²) < 4.78 is 47.9. The predicted octanol–water partition coefficient (Wildman–Crippen LogP) is 15.9. The molecule has 0 aliphatic heterocycles. The van der Waals surface area contributed by atoms with E-state index in [1.165, 1.54) is 23.3 Å². The molecule has 8 aromatic carbocycles. The molecular weight excluding hydrogens is 784 g/mol. The van der Waals surface area contributed by atoms with Crippen LogP contribution in [0.25, 0.3) is 88.4 Å². The molecule has 0 saturated heterocycles. The zero-order valence-corrected chi connectivity index (χ0v) is 36.3. The second-order valence-corrected chi connectivity index (χ2v) is 17.3. The highest BCUT2D eigenvalue weighted by Gasteiger charge is 2.31. The fourth-order valence-electron chi connectivity index (χ4n) is 10.4. The number of hydrogen-bond donors (Lipinski definition) is 0. The summed E-state index contributed by atoms with van der Waals surface area (Å²) in [5.41, 5.74) is 17.3. The summed E-state index contributed by atoms with van der Waals surface area (Å²) in [4.78, 5) is 0. The minimum absolute atomic E-state index is 0.397. The smallest absolute Gasteiger partial charge is 0.308 e. The van der Waals surface area contributed by atoms with Gasteiger partial charge in [-0.3, -0.25) is 0 Å². The highest BCUT2D eigenvalue weighted by molar-refractivity contribution is 6.12. The largest absolute Gasteiger partial charge is 0.416 e. The van der Waals surface area contributed by atoms with Crippen LogP contribution in [-0.2, 0) is 6.18 Å². The van der Waals surface area contributed by atoms with E-state index in [4.69, 9.17) is 0 Å². The quantitative estimate of drug-likeness (QED) is 0.170. The first kappa shape index (κ1) is 39.8. The molecule has 0 aliphatic rings. The number of fused-ring (bicyclic) bond motifs is 6. The second kappa shape index (κ2) is 14.6. The minimum atomic E-state index is -4.55.